The fourth-order valence-corrected chi connectivity index (χ4v) is 5.09. The molecule has 1 amide bonds. The molecule has 0 saturated carbocycles. The molecule has 4 heterocycles. The van der Waals surface area contributed by atoms with Gasteiger partial charge in [-0.25, -0.2) is 9.50 Å². The summed E-state index contributed by atoms with van der Waals surface area (Å²) in [5.74, 6) is 0.977. The van der Waals surface area contributed by atoms with Crippen molar-refractivity contribution in [2.24, 2.45) is 0 Å². The van der Waals surface area contributed by atoms with Crippen molar-refractivity contribution in [2.75, 3.05) is 14.2 Å². The van der Waals surface area contributed by atoms with Gasteiger partial charge >= 0.3 is 0 Å². The average Bonchev–Trinajstić information content (AvgIpc) is 3.35. The van der Waals surface area contributed by atoms with Crippen molar-refractivity contribution in [1.82, 2.24) is 19.5 Å². The van der Waals surface area contributed by atoms with Crippen LogP contribution in [0.25, 0.3) is 5.65 Å². The SMILES string of the molecule is COc1ccc(C(=O)CCC(=O)N2C3CCC2c2cnc4cc(C)nn4c2C3)c(OC)c1. The van der Waals surface area contributed by atoms with Gasteiger partial charge in [0.2, 0.25) is 5.91 Å². The molecule has 0 spiro atoms. The smallest absolute Gasteiger partial charge is 0.223 e. The van der Waals surface area contributed by atoms with Crippen LogP contribution in [0.4, 0.5) is 0 Å². The van der Waals surface area contributed by atoms with E-state index in [0.29, 0.717) is 17.1 Å². The number of carbonyl (C=O) groups is 2. The number of benzene rings is 1. The molecular formula is C24H26N4O4. The topological polar surface area (TPSA) is 86.0 Å². The maximum Gasteiger partial charge on any atom is 0.223 e. The Labute approximate surface area is 186 Å². The molecule has 2 aromatic heterocycles. The van der Waals surface area contributed by atoms with Gasteiger partial charge in [0.1, 0.15) is 11.5 Å². The molecule has 1 aromatic carbocycles. The second-order valence-corrected chi connectivity index (χ2v) is 8.46. The summed E-state index contributed by atoms with van der Waals surface area (Å²) < 4.78 is 12.5. The van der Waals surface area contributed by atoms with Gasteiger partial charge in [0, 0.05) is 49.2 Å². The van der Waals surface area contributed by atoms with Gasteiger partial charge < -0.3 is 14.4 Å². The molecule has 0 radical (unpaired) electrons. The molecule has 1 saturated heterocycles. The van der Waals surface area contributed by atoms with Crippen LogP contribution < -0.4 is 9.47 Å². The molecule has 2 atom stereocenters. The number of rotatable bonds is 6. The second-order valence-electron chi connectivity index (χ2n) is 8.46. The highest BCUT2D eigenvalue weighted by atomic mass is 16.5. The van der Waals surface area contributed by atoms with Gasteiger partial charge in [-0.15, -0.1) is 0 Å². The van der Waals surface area contributed by atoms with E-state index in [1.54, 1.807) is 25.3 Å². The zero-order valence-electron chi connectivity index (χ0n) is 18.5. The molecule has 8 heteroatoms. The van der Waals surface area contributed by atoms with Crippen LogP contribution in [-0.2, 0) is 11.2 Å². The molecule has 2 bridgehead atoms. The van der Waals surface area contributed by atoms with Gasteiger partial charge in [0.15, 0.2) is 11.4 Å². The summed E-state index contributed by atoms with van der Waals surface area (Å²) in [4.78, 5) is 32.6. The fourth-order valence-electron chi connectivity index (χ4n) is 5.09. The van der Waals surface area contributed by atoms with Crippen molar-refractivity contribution in [2.45, 2.75) is 51.1 Å². The number of ether oxygens (including phenoxy) is 2. The van der Waals surface area contributed by atoms with E-state index in [0.717, 1.165) is 41.9 Å². The Balaban J connectivity index is 1.33. The number of Topliss-reactive ketones (excluding diaryl/α,β-unsaturated/α-hetero) is 1. The van der Waals surface area contributed by atoms with E-state index in [2.05, 4.69) is 10.1 Å². The Bertz CT molecular complexity index is 1220. The number of nitrogens with zero attached hydrogens (tertiary/aromatic N) is 4. The molecule has 2 aliphatic heterocycles. The average molecular weight is 434 g/mol. The first-order chi connectivity index (χ1) is 15.5. The third kappa shape index (κ3) is 3.30. The molecule has 1 fully saturated rings. The number of carbonyl (C=O) groups excluding carboxylic acids is 2. The lowest BCUT2D eigenvalue weighted by Crippen LogP contribution is -2.42. The van der Waals surface area contributed by atoms with Gasteiger partial charge in [-0.2, -0.15) is 5.10 Å². The third-order valence-corrected chi connectivity index (χ3v) is 6.59. The Morgan fingerprint density at radius 2 is 1.97 bits per heavy atom. The van der Waals surface area contributed by atoms with E-state index in [4.69, 9.17) is 9.47 Å². The molecule has 32 heavy (non-hydrogen) atoms. The number of hydrogen-bond donors (Lipinski definition) is 0. The van der Waals surface area contributed by atoms with Gasteiger partial charge in [-0.1, -0.05) is 0 Å². The molecule has 3 aromatic rings. The summed E-state index contributed by atoms with van der Waals surface area (Å²) in [6.07, 6.45) is 4.83. The van der Waals surface area contributed by atoms with Crippen LogP contribution in [0.5, 0.6) is 11.5 Å². The highest BCUT2D eigenvalue weighted by Gasteiger charge is 2.43. The minimum atomic E-state index is -0.113. The standard InChI is InChI=1S/C24H26N4O4/c1-14-10-23-25-13-18-19-7-4-15(11-20(18)28(23)26-14)27(19)24(30)9-8-21(29)17-6-5-16(31-2)12-22(17)32-3/h5-6,10,12-13,15,19H,4,7-9,11H2,1-3H3. The van der Waals surface area contributed by atoms with Crippen LogP contribution in [0, 0.1) is 6.92 Å². The van der Waals surface area contributed by atoms with Gasteiger partial charge in [0.05, 0.1) is 37.2 Å². The van der Waals surface area contributed by atoms with E-state index in [9.17, 15) is 9.59 Å². The van der Waals surface area contributed by atoms with Crippen LogP contribution in [0.2, 0.25) is 0 Å². The zero-order valence-corrected chi connectivity index (χ0v) is 18.5. The van der Waals surface area contributed by atoms with Gasteiger partial charge in [-0.05, 0) is 31.9 Å². The quantitative estimate of drug-likeness (QED) is 0.554. The zero-order chi connectivity index (χ0) is 22.4. The lowest BCUT2D eigenvalue weighted by atomic mass is 9.98. The summed E-state index contributed by atoms with van der Waals surface area (Å²) in [5.41, 5.74) is 4.47. The van der Waals surface area contributed by atoms with Crippen LogP contribution >= 0.6 is 0 Å². The third-order valence-electron chi connectivity index (χ3n) is 6.59. The number of fused-ring (bicyclic) bond motifs is 6. The molecular weight excluding hydrogens is 408 g/mol. The largest absolute Gasteiger partial charge is 0.497 e. The highest BCUT2D eigenvalue weighted by Crippen LogP contribution is 2.44. The summed E-state index contributed by atoms with van der Waals surface area (Å²) in [6.45, 7) is 1.96. The van der Waals surface area contributed by atoms with Gasteiger partial charge in [-0.3, -0.25) is 9.59 Å². The van der Waals surface area contributed by atoms with Crippen LogP contribution in [0.3, 0.4) is 0 Å². The Morgan fingerprint density at radius 3 is 2.75 bits per heavy atom. The first-order valence-electron chi connectivity index (χ1n) is 10.9. The van der Waals surface area contributed by atoms with Crippen molar-refractivity contribution >= 4 is 17.3 Å². The molecule has 2 aliphatic rings. The van der Waals surface area contributed by atoms with E-state index < -0.39 is 0 Å². The van der Waals surface area contributed by atoms with Crippen molar-refractivity contribution in [3.8, 4) is 11.5 Å². The lowest BCUT2D eigenvalue weighted by molar-refractivity contribution is -0.134. The summed E-state index contributed by atoms with van der Waals surface area (Å²) in [5, 5.41) is 4.60. The number of methoxy groups -OCH3 is 2. The molecule has 8 nitrogen and oxygen atoms in total. The first-order valence-corrected chi connectivity index (χ1v) is 10.9. The Morgan fingerprint density at radius 1 is 1.12 bits per heavy atom. The Kier molecular flexibility index (Phi) is 5.07. The maximum atomic E-state index is 13.2. The predicted molar refractivity (Wildman–Crippen MR) is 117 cm³/mol. The van der Waals surface area contributed by atoms with E-state index in [1.807, 2.05) is 28.6 Å². The van der Waals surface area contributed by atoms with Crippen molar-refractivity contribution in [3.63, 3.8) is 0 Å². The number of ketones is 1. The Hall–Kier alpha value is -3.42. The maximum absolute atomic E-state index is 13.2. The summed E-state index contributed by atoms with van der Waals surface area (Å²) >= 11 is 0. The van der Waals surface area contributed by atoms with Crippen LogP contribution in [-0.4, -0.2) is 51.4 Å². The summed E-state index contributed by atoms with van der Waals surface area (Å²) in [6, 6.07) is 7.21. The number of hydrogen-bond acceptors (Lipinski definition) is 6. The number of aryl methyl sites for hydroxylation is 1. The molecule has 2 unspecified atom stereocenters. The minimum absolute atomic E-state index is 0.00304. The van der Waals surface area contributed by atoms with Crippen molar-refractivity contribution < 1.29 is 19.1 Å². The van der Waals surface area contributed by atoms with Crippen molar-refractivity contribution in [1.29, 1.82) is 0 Å². The van der Waals surface area contributed by atoms with Crippen LogP contribution in [0.15, 0.2) is 30.5 Å². The fraction of sp³-hybridized carbons (Fsp3) is 0.417. The normalized spacial score (nSPS) is 19.2. The van der Waals surface area contributed by atoms with E-state index in [1.165, 1.54) is 7.11 Å². The van der Waals surface area contributed by atoms with Crippen LogP contribution in [0.1, 0.15) is 59.0 Å². The lowest BCUT2D eigenvalue weighted by Gasteiger charge is -2.36. The van der Waals surface area contributed by atoms with E-state index >= 15 is 0 Å². The van der Waals surface area contributed by atoms with Crippen molar-refractivity contribution in [3.05, 3.63) is 53.0 Å². The monoisotopic (exact) mass is 434 g/mol. The number of aromatic nitrogens is 3. The minimum Gasteiger partial charge on any atom is -0.497 e. The highest BCUT2D eigenvalue weighted by molar-refractivity contribution is 6.00. The van der Waals surface area contributed by atoms with Gasteiger partial charge in [0.25, 0.3) is 0 Å². The molecule has 5 rings (SSSR count). The number of amides is 1. The molecule has 0 N–H and O–H groups in total. The summed E-state index contributed by atoms with van der Waals surface area (Å²) in [7, 11) is 3.08. The molecule has 166 valence electrons. The second kappa shape index (κ2) is 7.93. The molecule has 0 aliphatic carbocycles. The predicted octanol–water partition coefficient (Wildman–Crippen LogP) is 3.31. The first kappa shape index (κ1) is 20.5. The van der Waals surface area contributed by atoms with E-state index in [-0.39, 0.29) is 36.6 Å².